The van der Waals surface area contributed by atoms with Crippen LogP contribution in [-0.4, -0.2) is 4.98 Å². The number of nitrogens with zero attached hydrogens (tertiary/aromatic N) is 2. The minimum absolute atomic E-state index is 0.584. The fourth-order valence-electron chi connectivity index (χ4n) is 7.45. The fourth-order valence-corrected chi connectivity index (χ4v) is 7.45. The van der Waals surface area contributed by atoms with E-state index in [9.17, 15) is 0 Å². The van der Waals surface area contributed by atoms with Gasteiger partial charge >= 0.3 is 0 Å². The highest BCUT2D eigenvalue weighted by atomic mass is 16.4. The molecule has 53 heavy (non-hydrogen) atoms. The number of fused-ring (bicyclic) bond motifs is 4. The lowest BCUT2D eigenvalue weighted by Crippen LogP contribution is -2.09. The van der Waals surface area contributed by atoms with Gasteiger partial charge in [0.2, 0.25) is 5.89 Å². The molecule has 10 rings (SSSR count). The van der Waals surface area contributed by atoms with E-state index in [1.807, 2.05) is 48.5 Å². The standard InChI is InChI=1S/C49H32N2O2/c1-4-14-33(15-5-1)40-20-10-11-21-41(40)34-24-28-38(29-25-34)51(37-18-8-3-9-19-37)39-30-26-35(27-31-39)46-47-42-22-12-13-23-43(42)52-44(47)32-45-48(46)50-49(53-45)36-16-6-2-7-17-36/h1-32H. The molecule has 8 aromatic carbocycles. The Kier molecular flexibility index (Phi) is 7.43. The Hall–Kier alpha value is -7.17. The number of hydrogen-bond donors (Lipinski definition) is 0. The highest BCUT2D eigenvalue weighted by Gasteiger charge is 2.22. The first-order valence-corrected chi connectivity index (χ1v) is 17.8. The third-order valence-electron chi connectivity index (χ3n) is 9.92. The van der Waals surface area contributed by atoms with Crippen molar-refractivity contribution in [3.05, 3.63) is 194 Å². The third kappa shape index (κ3) is 5.45. The van der Waals surface area contributed by atoms with Crippen LogP contribution in [0.5, 0.6) is 0 Å². The van der Waals surface area contributed by atoms with Crippen LogP contribution in [0, 0.1) is 0 Å². The zero-order valence-electron chi connectivity index (χ0n) is 28.7. The molecule has 0 unspecified atom stereocenters. The largest absolute Gasteiger partial charge is 0.456 e. The average molecular weight is 681 g/mol. The van der Waals surface area contributed by atoms with E-state index in [4.69, 9.17) is 13.8 Å². The predicted molar refractivity (Wildman–Crippen MR) is 218 cm³/mol. The molecule has 0 saturated heterocycles. The van der Waals surface area contributed by atoms with Crippen molar-refractivity contribution in [1.82, 2.24) is 4.98 Å². The SMILES string of the molecule is c1ccc(-c2nc3c(-c4ccc(N(c5ccccc5)c5ccc(-c6ccccc6-c6ccccc6)cc5)cc4)c4c(cc3o2)oc2ccccc24)cc1. The first kappa shape index (κ1) is 30.6. The second kappa shape index (κ2) is 12.9. The van der Waals surface area contributed by atoms with E-state index < -0.39 is 0 Å². The molecule has 0 bridgehead atoms. The first-order chi connectivity index (χ1) is 26.3. The summed E-state index contributed by atoms with van der Waals surface area (Å²) >= 11 is 0. The fraction of sp³-hybridized carbons (Fsp3) is 0. The Morgan fingerprint density at radius 3 is 1.55 bits per heavy atom. The van der Waals surface area contributed by atoms with E-state index in [1.54, 1.807) is 0 Å². The zero-order chi connectivity index (χ0) is 35.1. The summed E-state index contributed by atoms with van der Waals surface area (Å²) in [6.45, 7) is 0. The Labute approximate surface area is 306 Å². The van der Waals surface area contributed by atoms with E-state index >= 15 is 0 Å². The van der Waals surface area contributed by atoms with Gasteiger partial charge in [0.15, 0.2) is 5.58 Å². The number of para-hydroxylation sites is 2. The molecule has 4 heteroatoms. The van der Waals surface area contributed by atoms with Crippen LogP contribution in [-0.2, 0) is 0 Å². The quantitative estimate of drug-likeness (QED) is 0.168. The lowest BCUT2D eigenvalue weighted by atomic mass is 9.94. The van der Waals surface area contributed by atoms with Gasteiger partial charge in [-0.25, -0.2) is 4.98 Å². The minimum atomic E-state index is 0.584. The lowest BCUT2D eigenvalue weighted by molar-refractivity contribution is 0.617. The van der Waals surface area contributed by atoms with Gasteiger partial charge in [0.05, 0.1) is 0 Å². The smallest absolute Gasteiger partial charge is 0.227 e. The van der Waals surface area contributed by atoms with Crippen molar-refractivity contribution in [2.24, 2.45) is 0 Å². The van der Waals surface area contributed by atoms with Crippen molar-refractivity contribution < 1.29 is 8.83 Å². The number of hydrogen-bond acceptors (Lipinski definition) is 4. The summed E-state index contributed by atoms with van der Waals surface area (Å²) in [5, 5.41) is 2.08. The molecule has 0 aliphatic rings. The average Bonchev–Trinajstić information content (AvgIpc) is 3.83. The van der Waals surface area contributed by atoms with Crippen LogP contribution in [0.3, 0.4) is 0 Å². The molecule has 10 aromatic rings. The maximum Gasteiger partial charge on any atom is 0.227 e. The normalized spacial score (nSPS) is 11.4. The summed E-state index contributed by atoms with van der Waals surface area (Å²) in [6, 6.07) is 67.5. The number of anilines is 3. The van der Waals surface area contributed by atoms with Crippen LogP contribution < -0.4 is 4.90 Å². The van der Waals surface area contributed by atoms with Crippen molar-refractivity contribution in [3.63, 3.8) is 0 Å². The second-order valence-electron chi connectivity index (χ2n) is 13.1. The highest BCUT2D eigenvalue weighted by Crippen LogP contribution is 2.44. The molecule has 2 aromatic heterocycles. The van der Waals surface area contributed by atoms with Gasteiger partial charge in [-0.3, -0.25) is 0 Å². The zero-order valence-corrected chi connectivity index (χ0v) is 28.7. The van der Waals surface area contributed by atoms with Crippen LogP contribution in [0.1, 0.15) is 0 Å². The molecular formula is C49H32N2O2. The molecular weight excluding hydrogens is 649 g/mol. The van der Waals surface area contributed by atoms with Gasteiger partial charge in [0.25, 0.3) is 0 Å². The summed E-state index contributed by atoms with van der Waals surface area (Å²) in [6.07, 6.45) is 0. The molecule has 0 atom stereocenters. The molecule has 0 aliphatic carbocycles. The van der Waals surface area contributed by atoms with Crippen LogP contribution in [0.25, 0.3) is 77.9 Å². The first-order valence-electron chi connectivity index (χ1n) is 17.8. The van der Waals surface area contributed by atoms with Crippen molar-refractivity contribution >= 4 is 50.1 Å². The highest BCUT2D eigenvalue weighted by molar-refractivity contribution is 6.19. The summed E-state index contributed by atoms with van der Waals surface area (Å²) in [4.78, 5) is 7.38. The van der Waals surface area contributed by atoms with Gasteiger partial charge in [0, 0.05) is 45.0 Å². The van der Waals surface area contributed by atoms with E-state index in [1.165, 1.54) is 22.3 Å². The van der Waals surface area contributed by atoms with Gasteiger partial charge in [-0.15, -0.1) is 0 Å². The van der Waals surface area contributed by atoms with E-state index in [-0.39, 0.29) is 0 Å². The Morgan fingerprint density at radius 1 is 0.377 bits per heavy atom. The summed E-state index contributed by atoms with van der Waals surface area (Å²) in [5.74, 6) is 0.584. The molecule has 250 valence electrons. The summed E-state index contributed by atoms with van der Waals surface area (Å²) in [7, 11) is 0. The van der Waals surface area contributed by atoms with Crippen molar-refractivity contribution in [3.8, 4) is 44.8 Å². The second-order valence-corrected chi connectivity index (χ2v) is 13.1. The summed E-state index contributed by atoms with van der Waals surface area (Å²) < 4.78 is 12.8. The van der Waals surface area contributed by atoms with Crippen molar-refractivity contribution in [1.29, 1.82) is 0 Å². The maximum absolute atomic E-state index is 6.39. The van der Waals surface area contributed by atoms with Crippen LogP contribution >= 0.6 is 0 Å². The van der Waals surface area contributed by atoms with E-state index in [0.717, 1.165) is 61.2 Å². The van der Waals surface area contributed by atoms with Gasteiger partial charge in [-0.1, -0.05) is 133 Å². The van der Waals surface area contributed by atoms with E-state index in [0.29, 0.717) is 11.5 Å². The van der Waals surface area contributed by atoms with Gasteiger partial charge in [0.1, 0.15) is 16.7 Å². The van der Waals surface area contributed by atoms with Crippen LogP contribution in [0.4, 0.5) is 17.1 Å². The van der Waals surface area contributed by atoms with E-state index in [2.05, 4.69) is 150 Å². The molecule has 2 heterocycles. The lowest BCUT2D eigenvalue weighted by Gasteiger charge is -2.26. The van der Waals surface area contributed by atoms with Crippen LogP contribution in [0.15, 0.2) is 203 Å². The molecule has 0 saturated carbocycles. The molecule has 0 fully saturated rings. The monoisotopic (exact) mass is 680 g/mol. The topological polar surface area (TPSA) is 42.4 Å². The van der Waals surface area contributed by atoms with Gasteiger partial charge < -0.3 is 13.7 Å². The number of furan rings is 1. The molecule has 0 radical (unpaired) electrons. The predicted octanol–water partition coefficient (Wildman–Crippen LogP) is 13.9. The van der Waals surface area contributed by atoms with Crippen molar-refractivity contribution in [2.45, 2.75) is 0 Å². The number of aromatic nitrogens is 1. The molecule has 0 N–H and O–H groups in total. The Bertz CT molecular complexity index is 2860. The molecule has 0 spiro atoms. The third-order valence-corrected chi connectivity index (χ3v) is 9.92. The summed E-state index contributed by atoms with van der Waals surface area (Å²) in [5.41, 5.74) is 14.0. The number of rotatable bonds is 7. The van der Waals surface area contributed by atoms with Gasteiger partial charge in [-0.2, -0.15) is 0 Å². The van der Waals surface area contributed by atoms with Gasteiger partial charge in [-0.05, 0) is 82.4 Å². The molecule has 0 amide bonds. The Morgan fingerprint density at radius 2 is 0.887 bits per heavy atom. The molecule has 4 nitrogen and oxygen atoms in total. The Balaban J connectivity index is 1.09. The molecule has 0 aliphatic heterocycles. The van der Waals surface area contributed by atoms with Crippen molar-refractivity contribution in [2.75, 3.05) is 4.90 Å². The minimum Gasteiger partial charge on any atom is -0.456 e. The maximum atomic E-state index is 6.39. The number of benzene rings is 8. The van der Waals surface area contributed by atoms with Crippen LogP contribution in [0.2, 0.25) is 0 Å². The number of oxazole rings is 1.